The van der Waals surface area contributed by atoms with Crippen LogP contribution in [0.15, 0.2) is 46.7 Å². The zero-order valence-electron chi connectivity index (χ0n) is 18.6. The van der Waals surface area contributed by atoms with Crippen LogP contribution in [0.3, 0.4) is 0 Å². The molecule has 1 aromatic heterocycles. The number of rotatable bonds is 5. The molecule has 1 aromatic carbocycles. The van der Waals surface area contributed by atoms with E-state index in [2.05, 4.69) is 9.98 Å². The normalized spacial score (nSPS) is 18.2. The Balaban J connectivity index is 1.72. The summed E-state index contributed by atoms with van der Waals surface area (Å²) in [6, 6.07) is 7.45. The number of carbonyl (C=O) groups is 1. The minimum absolute atomic E-state index is 0.0652. The molecule has 170 valence electrons. The summed E-state index contributed by atoms with van der Waals surface area (Å²) in [5.74, 6) is -1.83. The van der Waals surface area contributed by atoms with Gasteiger partial charge in [0.05, 0.1) is 18.4 Å². The summed E-state index contributed by atoms with van der Waals surface area (Å²) in [4.78, 5) is 23.7. The van der Waals surface area contributed by atoms with Gasteiger partial charge in [0.15, 0.2) is 5.82 Å². The van der Waals surface area contributed by atoms with Gasteiger partial charge in [0, 0.05) is 25.2 Å². The third-order valence-corrected chi connectivity index (χ3v) is 6.19. The van der Waals surface area contributed by atoms with Crippen LogP contribution in [0.2, 0.25) is 0 Å². The summed E-state index contributed by atoms with van der Waals surface area (Å²) < 4.78 is 33.5. The van der Waals surface area contributed by atoms with Gasteiger partial charge in [0.2, 0.25) is 5.88 Å². The van der Waals surface area contributed by atoms with Gasteiger partial charge in [0.25, 0.3) is 5.91 Å². The summed E-state index contributed by atoms with van der Waals surface area (Å²) in [7, 11) is 1.34. The fourth-order valence-electron chi connectivity index (χ4n) is 4.36. The van der Waals surface area contributed by atoms with Gasteiger partial charge in [-0.2, -0.15) is 5.26 Å². The number of aromatic nitrogens is 1. The van der Waals surface area contributed by atoms with E-state index in [1.54, 1.807) is 11.0 Å². The Morgan fingerprint density at radius 1 is 1.21 bits per heavy atom. The summed E-state index contributed by atoms with van der Waals surface area (Å²) in [5.41, 5.74) is 2.65. The highest BCUT2D eigenvalue weighted by atomic mass is 19.1. The van der Waals surface area contributed by atoms with Crippen LogP contribution in [0.1, 0.15) is 42.9 Å². The monoisotopic (exact) mass is 450 g/mol. The zero-order valence-corrected chi connectivity index (χ0v) is 18.6. The zero-order chi connectivity index (χ0) is 23.5. The topological polar surface area (TPSA) is 78.6 Å². The average Bonchev–Trinajstić information content (AvgIpc) is 3.15. The Hall–Kier alpha value is -3.60. The Labute approximate surface area is 191 Å². The lowest BCUT2D eigenvalue weighted by atomic mass is 9.86. The molecule has 0 radical (unpaired) electrons. The molecule has 6 nitrogen and oxygen atoms in total. The highest BCUT2D eigenvalue weighted by molar-refractivity contribution is 6.11. The third-order valence-electron chi connectivity index (χ3n) is 6.19. The number of nitriles is 1. The first-order valence-electron chi connectivity index (χ1n) is 10.9. The second-order valence-corrected chi connectivity index (χ2v) is 8.28. The molecule has 3 heterocycles. The molecule has 0 N–H and O–H groups in total. The molecule has 33 heavy (non-hydrogen) atoms. The molecule has 1 atom stereocenters. The van der Waals surface area contributed by atoms with E-state index < -0.39 is 11.6 Å². The minimum Gasteiger partial charge on any atom is -0.479 e. The molecule has 1 amide bonds. The number of amides is 1. The molecular formula is C25H24F2N4O2. The van der Waals surface area contributed by atoms with Gasteiger partial charge in [-0.3, -0.25) is 4.79 Å². The Bertz CT molecular complexity index is 1190. The van der Waals surface area contributed by atoms with Crippen molar-refractivity contribution in [2.45, 2.75) is 32.6 Å². The summed E-state index contributed by atoms with van der Waals surface area (Å²) in [6.07, 6.45) is 4.86. The molecule has 2 aromatic rings. The molecule has 1 fully saturated rings. The van der Waals surface area contributed by atoms with Crippen molar-refractivity contribution in [1.29, 1.82) is 5.26 Å². The number of benzene rings is 1. The number of aliphatic imine (C=N–C) groups is 1. The lowest BCUT2D eigenvalue weighted by Crippen LogP contribution is -2.36. The summed E-state index contributed by atoms with van der Waals surface area (Å²) in [6.45, 7) is 3.21. The third kappa shape index (κ3) is 4.49. The van der Waals surface area contributed by atoms with E-state index in [-0.39, 0.29) is 23.3 Å². The number of likely N-dealkylation sites (tertiary alicyclic amines) is 1. The van der Waals surface area contributed by atoms with Crippen LogP contribution in [-0.2, 0) is 11.2 Å². The molecule has 0 aliphatic carbocycles. The van der Waals surface area contributed by atoms with Gasteiger partial charge in [-0.15, -0.1) is 0 Å². The first-order valence-corrected chi connectivity index (χ1v) is 10.9. The van der Waals surface area contributed by atoms with Crippen LogP contribution in [0, 0.1) is 28.9 Å². The number of hydrogen-bond donors (Lipinski definition) is 0. The van der Waals surface area contributed by atoms with Crippen LogP contribution in [0.25, 0.3) is 0 Å². The number of allylic oxidation sites excluding steroid dienone is 1. The van der Waals surface area contributed by atoms with Crippen LogP contribution in [0.5, 0.6) is 5.88 Å². The molecular weight excluding hydrogens is 426 g/mol. The van der Waals surface area contributed by atoms with Crippen molar-refractivity contribution < 1.29 is 18.3 Å². The number of piperidine rings is 1. The number of hydrogen-bond acceptors (Lipinski definition) is 5. The van der Waals surface area contributed by atoms with Crippen molar-refractivity contribution in [2.24, 2.45) is 10.9 Å². The SMILES string of the molecule is COc1ncc(CC2C(c3ccc(C#N)c(F)c3)=NC(C(=O)N3CCCCC3)=C2C)cc1F. The average molecular weight is 450 g/mol. The van der Waals surface area contributed by atoms with Gasteiger partial charge in [-0.25, -0.2) is 18.8 Å². The van der Waals surface area contributed by atoms with Crippen molar-refractivity contribution >= 4 is 11.6 Å². The Morgan fingerprint density at radius 3 is 2.61 bits per heavy atom. The fourth-order valence-corrected chi connectivity index (χ4v) is 4.36. The molecule has 2 aliphatic rings. The number of methoxy groups -OCH3 is 1. The number of pyridine rings is 1. The van der Waals surface area contributed by atoms with Crippen molar-refractivity contribution in [1.82, 2.24) is 9.88 Å². The number of carbonyl (C=O) groups excluding carboxylic acids is 1. The summed E-state index contributed by atoms with van der Waals surface area (Å²) >= 11 is 0. The predicted octanol–water partition coefficient (Wildman–Crippen LogP) is 4.19. The van der Waals surface area contributed by atoms with Crippen LogP contribution >= 0.6 is 0 Å². The lowest BCUT2D eigenvalue weighted by molar-refractivity contribution is -0.128. The van der Waals surface area contributed by atoms with E-state index in [0.29, 0.717) is 42.0 Å². The molecule has 2 aliphatic heterocycles. The maximum absolute atomic E-state index is 14.4. The van der Waals surface area contributed by atoms with E-state index in [0.717, 1.165) is 24.8 Å². The molecule has 8 heteroatoms. The van der Waals surface area contributed by atoms with E-state index in [1.807, 2.05) is 13.0 Å². The Kier molecular flexibility index (Phi) is 6.50. The molecule has 4 rings (SSSR count). The largest absolute Gasteiger partial charge is 0.479 e. The molecule has 1 unspecified atom stereocenters. The smallest absolute Gasteiger partial charge is 0.272 e. The number of halogens is 2. The standard InChI is InChI=1S/C25H24F2N4O2/c1-15-19(10-16-11-21(27)24(33-2)29-14-16)23(17-6-7-18(13-28)20(26)12-17)30-22(15)25(32)31-8-4-3-5-9-31/h6-7,11-12,14,19H,3-5,8-10H2,1-2H3. The second kappa shape index (κ2) is 9.49. The highest BCUT2D eigenvalue weighted by Crippen LogP contribution is 2.34. The maximum atomic E-state index is 14.4. The second-order valence-electron chi connectivity index (χ2n) is 8.28. The van der Waals surface area contributed by atoms with Gasteiger partial charge < -0.3 is 9.64 Å². The Morgan fingerprint density at radius 2 is 1.97 bits per heavy atom. The fraction of sp³-hybridized carbons (Fsp3) is 0.360. The lowest BCUT2D eigenvalue weighted by Gasteiger charge is -2.26. The van der Waals surface area contributed by atoms with Crippen molar-refractivity contribution in [3.8, 4) is 11.9 Å². The quantitative estimate of drug-likeness (QED) is 0.684. The molecule has 0 bridgehead atoms. The van der Waals surface area contributed by atoms with E-state index in [1.165, 1.54) is 31.5 Å². The van der Waals surface area contributed by atoms with Crippen molar-refractivity contribution in [3.05, 3.63) is 70.1 Å². The highest BCUT2D eigenvalue weighted by Gasteiger charge is 2.34. The van der Waals surface area contributed by atoms with Gasteiger partial charge in [-0.05, 0) is 67.5 Å². The molecule has 0 saturated carbocycles. The maximum Gasteiger partial charge on any atom is 0.272 e. The number of nitrogens with zero attached hydrogens (tertiary/aromatic N) is 4. The van der Waals surface area contributed by atoms with Gasteiger partial charge in [0.1, 0.15) is 17.6 Å². The van der Waals surface area contributed by atoms with Crippen molar-refractivity contribution in [2.75, 3.05) is 20.2 Å². The number of ether oxygens (including phenoxy) is 1. The van der Waals surface area contributed by atoms with Gasteiger partial charge >= 0.3 is 0 Å². The first-order chi connectivity index (χ1) is 15.9. The first kappa shape index (κ1) is 22.6. The molecule has 0 spiro atoms. The van der Waals surface area contributed by atoms with Crippen molar-refractivity contribution in [3.63, 3.8) is 0 Å². The van der Waals surface area contributed by atoms with Gasteiger partial charge in [-0.1, -0.05) is 6.07 Å². The van der Waals surface area contributed by atoms with Crippen LogP contribution < -0.4 is 4.74 Å². The van der Waals surface area contributed by atoms with E-state index >= 15 is 0 Å². The predicted molar refractivity (Wildman–Crippen MR) is 119 cm³/mol. The minimum atomic E-state index is -0.651. The van der Waals surface area contributed by atoms with Crippen LogP contribution in [-0.4, -0.2) is 41.7 Å². The molecule has 1 saturated heterocycles. The van der Waals surface area contributed by atoms with Crippen LogP contribution in [0.4, 0.5) is 8.78 Å². The summed E-state index contributed by atoms with van der Waals surface area (Å²) in [5, 5.41) is 9.06. The van der Waals surface area contributed by atoms with E-state index in [4.69, 9.17) is 10.00 Å². The van der Waals surface area contributed by atoms with E-state index in [9.17, 15) is 13.6 Å².